The van der Waals surface area contributed by atoms with Crippen LogP contribution in [0, 0.1) is 5.92 Å². The topological polar surface area (TPSA) is 58.6 Å². The number of ether oxygens (including phenoxy) is 1. The zero-order valence-corrected chi connectivity index (χ0v) is 13.9. The highest BCUT2D eigenvalue weighted by atomic mass is 32.2. The largest absolute Gasteiger partial charge is 0.496 e. The zero-order valence-electron chi connectivity index (χ0n) is 13.1. The lowest BCUT2D eigenvalue weighted by molar-refractivity contribution is 0.402. The lowest BCUT2D eigenvalue weighted by Gasteiger charge is -2.21. The first kappa shape index (κ1) is 16.3. The van der Waals surface area contributed by atoms with Gasteiger partial charge in [0.05, 0.1) is 12.0 Å². The van der Waals surface area contributed by atoms with Gasteiger partial charge in [-0.2, -0.15) is 4.31 Å². The van der Waals surface area contributed by atoms with Crippen LogP contribution < -0.4 is 10.1 Å². The van der Waals surface area contributed by atoms with E-state index in [-0.39, 0.29) is 6.04 Å². The molecule has 2 atom stereocenters. The fourth-order valence-corrected chi connectivity index (χ4v) is 4.79. The molecule has 21 heavy (non-hydrogen) atoms. The van der Waals surface area contributed by atoms with Crippen LogP contribution in [0.25, 0.3) is 0 Å². The van der Waals surface area contributed by atoms with Gasteiger partial charge in [0, 0.05) is 24.7 Å². The molecule has 0 aromatic heterocycles. The molecular weight excluding hydrogens is 288 g/mol. The monoisotopic (exact) mass is 312 g/mol. The summed E-state index contributed by atoms with van der Waals surface area (Å²) in [5, 5.41) is 3.03. The predicted molar refractivity (Wildman–Crippen MR) is 82.9 cm³/mol. The van der Waals surface area contributed by atoms with Gasteiger partial charge in [-0.3, -0.25) is 0 Å². The lowest BCUT2D eigenvalue weighted by Crippen LogP contribution is -2.34. The molecule has 0 spiro atoms. The van der Waals surface area contributed by atoms with E-state index in [1.807, 2.05) is 14.0 Å². The van der Waals surface area contributed by atoms with Crippen molar-refractivity contribution in [2.24, 2.45) is 5.92 Å². The SMILES string of the molecule is CNCc1cc(S(=O)(=O)N2CC(C)CC2C)ccc1OC. The second kappa shape index (κ2) is 6.34. The second-order valence-corrected chi connectivity index (χ2v) is 7.66. The van der Waals surface area contributed by atoms with Crippen molar-refractivity contribution in [3.05, 3.63) is 23.8 Å². The Kier molecular flexibility index (Phi) is 4.91. The van der Waals surface area contributed by atoms with Crippen molar-refractivity contribution in [2.75, 3.05) is 20.7 Å². The molecule has 1 aliphatic rings. The molecule has 2 unspecified atom stereocenters. The van der Waals surface area contributed by atoms with Crippen molar-refractivity contribution in [2.45, 2.75) is 37.8 Å². The minimum absolute atomic E-state index is 0.0554. The first-order valence-corrected chi connectivity index (χ1v) is 8.67. The van der Waals surface area contributed by atoms with E-state index >= 15 is 0 Å². The average molecular weight is 312 g/mol. The molecular formula is C15H24N2O3S. The summed E-state index contributed by atoms with van der Waals surface area (Å²) in [6.07, 6.45) is 0.915. The van der Waals surface area contributed by atoms with Gasteiger partial charge >= 0.3 is 0 Å². The molecule has 1 aliphatic heterocycles. The van der Waals surface area contributed by atoms with Crippen molar-refractivity contribution < 1.29 is 13.2 Å². The molecule has 1 N–H and O–H groups in total. The van der Waals surface area contributed by atoms with Crippen LogP contribution in [0.15, 0.2) is 23.1 Å². The summed E-state index contributed by atoms with van der Waals surface area (Å²) in [6.45, 7) is 5.22. The molecule has 0 radical (unpaired) electrons. The van der Waals surface area contributed by atoms with Crippen molar-refractivity contribution in [3.8, 4) is 5.75 Å². The maximum Gasteiger partial charge on any atom is 0.243 e. The summed E-state index contributed by atoms with van der Waals surface area (Å²) in [4.78, 5) is 0.342. The van der Waals surface area contributed by atoms with Crippen molar-refractivity contribution in [1.29, 1.82) is 0 Å². The van der Waals surface area contributed by atoms with E-state index in [0.29, 0.717) is 29.7 Å². The first-order valence-electron chi connectivity index (χ1n) is 7.23. The third-order valence-electron chi connectivity index (χ3n) is 3.95. The zero-order chi connectivity index (χ0) is 15.6. The molecule has 1 fully saturated rings. The minimum Gasteiger partial charge on any atom is -0.496 e. The molecule has 1 heterocycles. The molecule has 0 saturated carbocycles. The minimum atomic E-state index is -3.44. The molecule has 6 heteroatoms. The highest BCUT2D eigenvalue weighted by molar-refractivity contribution is 7.89. The molecule has 1 aromatic carbocycles. The summed E-state index contributed by atoms with van der Waals surface area (Å²) >= 11 is 0. The third-order valence-corrected chi connectivity index (χ3v) is 5.93. The van der Waals surface area contributed by atoms with Gasteiger partial charge in [0.2, 0.25) is 10.0 Å². The first-order chi connectivity index (χ1) is 9.90. The van der Waals surface area contributed by atoms with Crippen molar-refractivity contribution in [1.82, 2.24) is 9.62 Å². The number of sulfonamides is 1. The van der Waals surface area contributed by atoms with Gasteiger partial charge in [0.25, 0.3) is 0 Å². The predicted octanol–water partition coefficient (Wildman–Crippen LogP) is 1.83. The second-order valence-electron chi connectivity index (χ2n) is 5.77. The summed E-state index contributed by atoms with van der Waals surface area (Å²) in [5.74, 6) is 1.11. The molecule has 0 aliphatic carbocycles. The van der Waals surface area contributed by atoms with E-state index in [1.165, 1.54) is 0 Å². The van der Waals surface area contributed by atoms with Gasteiger partial charge < -0.3 is 10.1 Å². The number of hydrogen-bond acceptors (Lipinski definition) is 4. The highest BCUT2D eigenvalue weighted by Gasteiger charge is 2.36. The van der Waals surface area contributed by atoms with Crippen LogP contribution in [-0.2, 0) is 16.6 Å². The Hall–Kier alpha value is -1.11. The molecule has 0 bridgehead atoms. The fraction of sp³-hybridized carbons (Fsp3) is 0.600. The molecule has 5 nitrogen and oxygen atoms in total. The van der Waals surface area contributed by atoms with E-state index < -0.39 is 10.0 Å². The molecule has 1 aromatic rings. The van der Waals surface area contributed by atoms with E-state index in [9.17, 15) is 8.42 Å². The number of nitrogens with one attached hydrogen (secondary N) is 1. The Labute approximate surface area is 127 Å². The smallest absolute Gasteiger partial charge is 0.243 e. The van der Waals surface area contributed by atoms with Gasteiger partial charge in [-0.15, -0.1) is 0 Å². The molecule has 118 valence electrons. The van der Waals surface area contributed by atoms with Crippen LogP contribution in [0.3, 0.4) is 0 Å². The number of benzene rings is 1. The Balaban J connectivity index is 2.38. The van der Waals surface area contributed by atoms with E-state index in [4.69, 9.17) is 4.74 Å². The molecule has 1 saturated heterocycles. The standard InChI is InChI=1S/C15H24N2O3S/c1-11-7-12(2)17(10-11)21(18,19)14-5-6-15(20-4)13(8-14)9-16-3/h5-6,8,11-12,16H,7,9-10H2,1-4H3. The Morgan fingerprint density at radius 2 is 2.10 bits per heavy atom. The Morgan fingerprint density at radius 3 is 2.62 bits per heavy atom. The molecule has 2 rings (SSSR count). The third kappa shape index (κ3) is 3.22. The summed E-state index contributed by atoms with van der Waals surface area (Å²) in [7, 11) is -0.0222. The van der Waals surface area contributed by atoms with Gasteiger partial charge in [-0.25, -0.2) is 8.42 Å². The normalized spacial score (nSPS) is 23.4. The van der Waals surface area contributed by atoms with Gasteiger partial charge in [-0.1, -0.05) is 6.92 Å². The summed E-state index contributed by atoms with van der Waals surface area (Å²) < 4.78 is 32.5. The van der Waals surface area contributed by atoms with Gasteiger partial charge in [0.1, 0.15) is 5.75 Å². The number of rotatable bonds is 5. The van der Waals surface area contributed by atoms with Crippen molar-refractivity contribution in [3.63, 3.8) is 0 Å². The summed E-state index contributed by atoms with van der Waals surface area (Å²) in [6, 6.07) is 5.12. The van der Waals surface area contributed by atoms with Crippen LogP contribution >= 0.6 is 0 Å². The van der Waals surface area contributed by atoms with E-state index in [0.717, 1.165) is 12.0 Å². The average Bonchev–Trinajstić information content (AvgIpc) is 2.78. The quantitative estimate of drug-likeness (QED) is 0.901. The van der Waals surface area contributed by atoms with Gasteiger partial charge in [-0.05, 0) is 44.5 Å². The number of nitrogens with zero attached hydrogens (tertiary/aromatic N) is 1. The Morgan fingerprint density at radius 1 is 1.38 bits per heavy atom. The Bertz CT molecular complexity index is 601. The number of methoxy groups -OCH3 is 1. The van der Waals surface area contributed by atoms with Crippen molar-refractivity contribution >= 4 is 10.0 Å². The van der Waals surface area contributed by atoms with Crippen LogP contribution in [0.4, 0.5) is 0 Å². The maximum atomic E-state index is 12.8. The lowest BCUT2D eigenvalue weighted by atomic mass is 10.1. The fourth-order valence-electron chi connectivity index (χ4n) is 2.98. The van der Waals surface area contributed by atoms with Crippen LogP contribution in [-0.4, -0.2) is 39.5 Å². The maximum absolute atomic E-state index is 12.8. The van der Waals surface area contributed by atoms with Gasteiger partial charge in [0.15, 0.2) is 0 Å². The van der Waals surface area contributed by atoms with Crippen LogP contribution in [0.2, 0.25) is 0 Å². The molecule has 0 amide bonds. The number of hydrogen-bond donors (Lipinski definition) is 1. The highest BCUT2D eigenvalue weighted by Crippen LogP contribution is 2.31. The van der Waals surface area contributed by atoms with E-state index in [1.54, 1.807) is 29.6 Å². The van der Waals surface area contributed by atoms with Crippen LogP contribution in [0.1, 0.15) is 25.8 Å². The summed E-state index contributed by atoms with van der Waals surface area (Å²) in [5.41, 5.74) is 0.848. The van der Waals surface area contributed by atoms with Crippen LogP contribution in [0.5, 0.6) is 5.75 Å². The van der Waals surface area contributed by atoms with E-state index in [2.05, 4.69) is 12.2 Å².